The van der Waals surface area contributed by atoms with Crippen LogP contribution in [0.15, 0.2) is 42.5 Å². The smallest absolute Gasteiger partial charge is 0.260 e. The molecule has 0 spiro atoms. The number of carbonyl (C=O) groups excluding carboxylic acids is 1. The topological polar surface area (TPSA) is 71.5 Å². The molecule has 2 aromatic rings. The first-order valence-corrected chi connectivity index (χ1v) is 8.78. The Bertz CT molecular complexity index is 788. The van der Waals surface area contributed by atoms with Crippen LogP contribution in [0.3, 0.4) is 0 Å². The second-order valence-corrected chi connectivity index (χ2v) is 6.16. The van der Waals surface area contributed by atoms with E-state index in [-0.39, 0.29) is 18.3 Å². The highest BCUT2D eigenvalue weighted by Gasteiger charge is 2.23. The monoisotopic (exact) mass is 372 g/mol. The molecule has 1 fully saturated rings. The van der Waals surface area contributed by atoms with E-state index in [0.717, 1.165) is 17.2 Å². The molecule has 1 amide bonds. The van der Waals surface area contributed by atoms with Crippen molar-refractivity contribution in [2.75, 3.05) is 51.9 Å². The van der Waals surface area contributed by atoms with Crippen molar-refractivity contribution >= 4 is 11.6 Å². The van der Waals surface area contributed by atoms with Crippen LogP contribution in [0.2, 0.25) is 0 Å². The molecule has 1 aliphatic rings. The number of para-hydroxylation sites is 2. The van der Waals surface area contributed by atoms with Crippen LogP contribution >= 0.6 is 0 Å². The number of hydrogen-bond donors (Lipinski definition) is 1. The zero-order chi connectivity index (χ0) is 19.2. The van der Waals surface area contributed by atoms with Crippen molar-refractivity contribution in [1.29, 1.82) is 0 Å². The Morgan fingerprint density at radius 1 is 1.00 bits per heavy atom. The molecule has 0 saturated carbocycles. The predicted octanol–water partition coefficient (Wildman–Crippen LogP) is 2.14. The van der Waals surface area contributed by atoms with Gasteiger partial charge in [-0.3, -0.25) is 4.79 Å². The molecule has 27 heavy (non-hydrogen) atoms. The van der Waals surface area contributed by atoms with Crippen LogP contribution < -0.4 is 19.1 Å². The molecule has 0 bridgehead atoms. The average molecular weight is 372 g/mol. The van der Waals surface area contributed by atoms with Crippen molar-refractivity contribution in [3.63, 3.8) is 0 Å². The largest absolute Gasteiger partial charge is 0.504 e. The summed E-state index contributed by atoms with van der Waals surface area (Å²) in [6, 6.07) is 12.3. The van der Waals surface area contributed by atoms with Crippen LogP contribution in [0.25, 0.3) is 0 Å². The second-order valence-electron chi connectivity index (χ2n) is 6.16. The quantitative estimate of drug-likeness (QED) is 0.838. The number of carbonyl (C=O) groups is 1. The number of amides is 1. The highest BCUT2D eigenvalue weighted by Crippen LogP contribution is 2.32. The Kier molecular flexibility index (Phi) is 5.90. The van der Waals surface area contributed by atoms with Gasteiger partial charge < -0.3 is 29.1 Å². The van der Waals surface area contributed by atoms with Gasteiger partial charge in [0.05, 0.1) is 19.9 Å². The molecule has 0 aliphatic carbocycles. The zero-order valence-electron chi connectivity index (χ0n) is 15.6. The van der Waals surface area contributed by atoms with Crippen molar-refractivity contribution in [1.82, 2.24) is 4.90 Å². The Morgan fingerprint density at radius 2 is 1.74 bits per heavy atom. The van der Waals surface area contributed by atoms with E-state index in [1.807, 2.05) is 18.2 Å². The lowest BCUT2D eigenvalue weighted by Crippen LogP contribution is -2.50. The normalized spacial score (nSPS) is 14.0. The van der Waals surface area contributed by atoms with Crippen LogP contribution in [0.1, 0.15) is 0 Å². The minimum absolute atomic E-state index is 0.0294. The molecular formula is C20H24N2O5. The molecule has 1 aliphatic heterocycles. The lowest BCUT2D eigenvalue weighted by atomic mass is 10.2. The lowest BCUT2D eigenvalue weighted by Gasteiger charge is -2.36. The number of anilines is 1. The first-order chi connectivity index (χ1) is 13.1. The molecule has 144 valence electrons. The molecule has 0 radical (unpaired) electrons. The molecule has 1 N–H and O–H groups in total. The summed E-state index contributed by atoms with van der Waals surface area (Å²) in [5.41, 5.74) is 0.982. The second kappa shape index (κ2) is 8.53. The summed E-state index contributed by atoms with van der Waals surface area (Å²) in [4.78, 5) is 16.3. The Hall–Kier alpha value is -3.09. The SMILES string of the molecule is COc1ccc(N2CCN(C(=O)COc3ccccc3O)CC2)c(OC)c1. The minimum Gasteiger partial charge on any atom is -0.504 e. The van der Waals surface area contributed by atoms with Gasteiger partial charge in [0, 0.05) is 32.2 Å². The molecule has 0 unspecified atom stereocenters. The van der Waals surface area contributed by atoms with Crippen LogP contribution in [0.4, 0.5) is 5.69 Å². The summed E-state index contributed by atoms with van der Waals surface area (Å²) in [5.74, 6) is 1.73. The fourth-order valence-electron chi connectivity index (χ4n) is 3.05. The molecule has 0 aromatic heterocycles. The summed E-state index contributed by atoms with van der Waals surface area (Å²) in [6.45, 7) is 2.50. The van der Waals surface area contributed by atoms with Crippen molar-refractivity contribution in [3.8, 4) is 23.0 Å². The van der Waals surface area contributed by atoms with Gasteiger partial charge in [-0.05, 0) is 24.3 Å². The summed E-state index contributed by atoms with van der Waals surface area (Å²) < 4.78 is 16.1. The van der Waals surface area contributed by atoms with Gasteiger partial charge in [0.2, 0.25) is 0 Å². The minimum atomic E-state index is -0.0976. The van der Waals surface area contributed by atoms with Crippen molar-refractivity contribution in [2.24, 2.45) is 0 Å². The molecule has 7 heteroatoms. The first kappa shape index (κ1) is 18.7. The zero-order valence-corrected chi connectivity index (χ0v) is 15.6. The number of benzene rings is 2. The first-order valence-electron chi connectivity index (χ1n) is 8.78. The number of hydrogen-bond acceptors (Lipinski definition) is 6. The summed E-state index contributed by atoms with van der Waals surface area (Å²) in [5, 5.41) is 9.70. The number of rotatable bonds is 6. The summed E-state index contributed by atoms with van der Waals surface area (Å²) in [7, 11) is 3.25. The van der Waals surface area contributed by atoms with Gasteiger partial charge >= 0.3 is 0 Å². The van der Waals surface area contributed by atoms with Gasteiger partial charge in [-0.15, -0.1) is 0 Å². The van der Waals surface area contributed by atoms with Crippen LogP contribution in [-0.2, 0) is 4.79 Å². The van der Waals surface area contributed by atoms with Crippen LogP contribution in [-0.4, -0.2) is 62.9 Å². The van der Waals surface area contributed by atoms with Gasteiger partial charge in [0.15, 0.2) is 18.1 Å². The lowest BCUT2D eigenvalue weighted by molar-refractivity contribution is -0.133. The maximum Gasteiger partial charge on any atom is 0.260 e. The Balaban J connectivity index is 1.55. The van der Waals surface area contributed by atoms with E-state index >= 15 is 0 Å². The van der Waals surface area contributed by atoms with E-state index in [1.165, 1.54) is 6.07 Å². The van der Waals surface area contributed by atoms with Gasteiger partial charge in [-0.1, -0.05) is 12.1 Å². The Morgan fingerprint density at radius 3 is 2.41 bits per heavy atom. The van der Waals surface area contributed by atoms with E-state index in [9.17, 15) is 9.90 Å². The molecular weight excluding hydrogens is 348 g/mol. The maximum absolute atomic E-state index is 12.4. The number of nitrogens with zero attached hydrogens (tertiary/aromatic N) is 2. The summed E-state index contributed by atoms with van der Waals surface area (Å²) in [6.07, 6.45) is 0. The van der Waals surface area contributed by atoms with E-state index < -0.39 is 0 Å². The number of ether oxygens (including phenoxy) is 3. The van der Waals surface area contributed by atoms with Gasteiger partial charge in [-0.25, -0.2) is 0 Å². The third-order valence-electron chi connectivity index (χ3n) is 4.58. The van der Waals surface area contributed by atoms with Gasteiger partial charge in [0.25, 0.3) is 5.91 Å². The fraction of sp³-hybridized carbons (Fsp3) is 0.350. The van der Waals surface area contributed by atoms with Crippen LogP contribution in [0, 0.1) is 0 Å². The van der Waals surface area contributed by atoms with Gasteiger partial charge in [0.1, 0.15) is 11.5 Å². The summed E-state index contributed by atoms with van der Waals surface area (Å²) >= 11 is 0. The molecule has 1 heterocycles. The van der Waals surface area contributed by atoms with Crippen molar-refractivity contribution in [2.45, 2.75) is 0 Å². The molecule has 0 atom stereocenters. The Labute approximate surface area is 158 Å². The number of methoxy groups -OCH3 is 2. The molecule has 2 aromatic carbocycles. The van der Waals surface area contributed by atoms with E-state index in [2.05, 4.69) is 4.90 Å². The van der Waals surface area contributed by atoms with Crippen LogP contribution in [0.5, 0.6) is 23.0 Å². The fourth-order valence-corrected chi connectivity index (χ4v) is 3.05. The average Bonchev–Trinajstić information content (AvgIpc) is 2.72. The molecule has 3 rings (SSSR count). The van der Waals surface area contributed by atoms with Gasteiger partial charge in [-0.2, -0.15) is 0 Å². The highest BCUT2D eigenvalue weighted by atomic mass is 16.5. The number of piperazine rings is 1. The number of phenolic OH excluding ortho intramolecular Hbond substituents is 1. The number of aromatic hydroxyl groups is 1. The van der Waals surface area contributed by atoms with Crippen molar-refractivity contribution in [3.05, 3.63) is 42.5 Å². The molecule has 1 saturated heterocycles. The highest BCUT2D eigenvalue weighted by molar-refractivity contribution is 5.78. The van der Waals surface area contributed by atoms with E-state index in [0.29, 0.717) is 31.9 Å². The van der Waals surface area contributed by atoms with E-state index in [4.69, 9.17) is 14.2 Å². The van der Waals surface area contributed by atoms with Crippen molar-refractivity contribution < 1.29 is 24.1 Å². The number of phenols is 1. The predicted molar refractivity (Wildman–Crippen MR) is 102 cm³/mol. The third-order valence-corrected chi connectivity index (χ3v) is 4.58. The maximum atomic E-state index is 12.4. The van der Waals surface area contributed by atoms with E-state index in [1.54, 1.807) is 37.3 Å². The molecule has 7 nitrogen and oxygen atoms in total. The third kappa shape index (κ3) is 4.36. The standard InChI is InChI=1S/C20H24N2O5/c1-25-15-7-8-16(19(13-15)26-2)21-9-11-22(12-10-21)20(24)14-27-18-6-4-3-5-17(18)23/h3-8,13,23H,9-12,14H2,1-2H3.